The van der Waals surface area contributed by atoms with Crippen LogP contribution in [0.4, 0.5) is 26.3 Å². The largest absolute Gasteiger partial charge is 0.418 e. The summed E-state index contributed by atoms with van der Waals surface area (Å²) in [6, 6.07) is 0.789. The maximum atomic E-state index is 12.7. The molecule has 0 aromatic heterocycles. The molecule has 0 spiro atoms. The minimum Gasteiger partial charge on any atom is -0.207 e. The molecule has 0 heterocycles. The van der Waals surface area contributed by atoms with E-state index in [2.05, 4.69) is 0 Å². The van der Waals surface area contributed by atoms with Crippen LogP contribution in [0.15, 0.2) is 17.0 Å². The summed E-state index contributed by atoms with van der Waals surface area (Å²) >= 11 is 0. The maximum absolute atomic E-state index is 12.7. The van der Waals surface area contributed by atoms with Gasteiger partial charge < -0.3 is 0 Å². The first kappa shape index (κ1) is 16.1. The fraction of sp³-hybridized carbons (Fsp3) is 0.333. The Labute approximate surface area is 108 Å². The number of rotatable bonds is 1. The highest BCUT2D eigenvalue weighted by Gasteiger charge is 2.47. The third-order valence-corrected chi connectivity index (χ3v) is 3.66. The summed E-state index contributed by atoms with van der Waals surface area (Å²) in [6.45, 7) is 0.921. The molecule has 0 bridgehead atoms. The van der Waals surface area contributed by atoms with Crippen LogP contribution in [0.25, 0.3) is 0 Å². The molecule has 108 valence electrons. The Bertz CT molecular complexity index is 602. The van der Waals surface area contributed by atoms with Gasteiger partial charge in [-0.2, -0.15) is 26.3 Å². The van der Waals surface area contributed by atoms with Crippen molar-refractivity contribution >= 4 is 19.7 Å². The van der Waals surface area contributed by atoms with Crippen molar-refractivity contribution in [3.63, 3.8) is 0 Å². The standard InChI is InChI=1S/C9H5ClF6O2S/c1-4-2-3-5(8(11,12)13)6(9(14,15)16)7(4)19(10,17)18/h2-3H,1H3. The van der Waals surface area contributed by atoms with Crippen LogP contribution in [0.5, 0.6) is 0 Å². The minimum atomic E-state index is -5.51. The molecule has 0 saturated heterocycles. The molecule has 19 heavy (non-hydrogen) atoms. The molecule has 0 saturated carbocycles. The average molecular weight is 327 g/mol. The van der Waals surface area contributed by atoms with Gasteiger partial charge in [-0.1, -0.05) is 6.07 Å². The van der Waals surface area contributed by atoms with Gasteiger partial charge in [-0.15, -0.1) is 0 Å². The van der Waals surface area contributed by atoms with Gasteiger partial charge in [-0.05, 0) is 18.6 Å². The van der Waals surface area contributed by atoms with Crippen LogP contribution < -0.4 is 0 Å². The summed E-state index contributed by atoms with van der Waals surface area (Å²) < 4.78 is 98.0. The second-order valence-corrected chi connectivity index (χ2v) is 6.07. The molecule has 0 aliphatic carbocycles. The topological polar surface area (TPSA) is 34.1 Å². The minimum absolute atomic E-state index is 0.170. The summed E-state index contributed by atoms with van der Waals surface area (Å²) in [5.41, 5.74) is -4.91. The third-order valence-electron chi connectivity index (χ3n) is 2.19. The van der Waals surface area contributed by atoms with Gasteiger partial charge in [0, 0.05) is 10.7 Å². The van der Waals surface area contributed by atoms with Gasteiger partial charge >= 0.3 is 12.4 Å². The van der Waals surface area contributed by atoms with E-state index in [0.29, 0.717) is 6.07 Å². The van der Waals surface area contributed by atoms with Crippen molar-refractivity contribution in [2.24, 2.45) is 0 Å². The lowest BCUT2D eigenvalue weighted by Crippen LogP contribution is -2.20. The van der Waals surface area contributed by atoms with Crippen LogP contribution >= 0.6 is 10.7 Å². The summed E-state index contributed by atoms with van der Waals surface area (Å²) in [7, 11) is -0.176. The van der Waals surface area contributed by atoms with Gasteiger partial charge in [-0.3, -0.25) is 0 Å². The van der Waals surface area contributed by atoms with Crippen molar-refractivity contribution in [2.45, 2.75) is 24.2 Å². The molecule has 0 fully saturated rings. The Hall–Kier alpha value is -0.960. The second kappa shape index (κ2) is 4.55. The van der Waals surface area contributed by atoms with Crippen molar-refractivity contribution in [2.75, 3.05) is 0 Å². The molecule has 1 aromatic carbocycles. The molecule has 10 heteroatoms. The average Bonchev–Trinajstić information content (AvgIpc) is 2.11. The zero-order valence-corrected chi connectivity index (χ0v) is 10.6. The molecule has 2 nitrogen and oxygen atoms in total. The fourth-order valence-corrected chi connectivity index (χ4v) is 3.04. The van der Waals surface area contributed by atoms with Crippen molar-refractivity contribution in [1.82, 2.24) is 0 Å². The zero-order chi connectivity index (χ0) is 15.2. The molecule has 1 aromatic rings. The highest BCUT2D eigenvalue weighted by molar-refractivity contribution is 8.13. The maximum Gasteiger partial charge on any atom is 0.418 e. The quantitative estimate of drug-likeness (QED) is 0.578. The molecular weight excluding hydrogens is 322 g/mol. The summed E-state index contributed by atoms with van der Waals surface area (Å²) in [5.74, 6) is 0. The van der Waals surface area contributed by atoms with Crippen LogP contribution in [0.2, 0.25) is 0 Å². The molecule has 0 unspecified atom stereocenters. The van der Waals surface area contributed by atoms with E-state index in [1.54, 1.807) is 0 Å². The van der Waals surface area contributed by atoms with Crippen molar-refractivity contribution < 1.29 is 34.8 Å². The first-order chi connectivity index (χ1) is 8.26. The predicted molar refractivity (Wildman–Crippen MR) is 54.2 cm³/mol. The molecule has 0 N–H and O–H groups in total. The number of alkyl halides is 6. The van der Waals surface area contributed by atoms with Crippen LogP contribution in [0.3, 0.4) is 0 Å². The van der Waals surface area contributed by atoms with Gasteiger partial charge in [0.1, 0.15) is 0 Å². The van der Waals surface area contributed by atoms with Crippen molar-refractivity contribution in [3.8, 4) is 0 Å². The van der Waals surface area contributed by atoms with Gasteiger partial charge in [0.15, 0.2) is 0 Å². The van der Waals surface area contributed by atoms with Crippen molar-refractivity contribution in [1.29, 1.82) is 0 Å². The van der Waals surface area contributed by atoms with Crippen molar-refractivity contribution in [3.05, 3.63) is 28.8 Å². The van der Waals surface area contributed by atoms with E-state index < -0.39 is 43.0 Å². The highest BCUT2D eigenvalue weighted by atomic mass is 35.7. The zero-order valence-electron chi connectivity index (χ0n) is 9.03. The van der Waals surface area contributed by atoms with Gasteiger partial charge in [0.25, 0.3) is 9.05 Å². The molecule has 0 atom stereocenters. The summed E-state index contributed by atoms with van der Waals surface area (Å²) in [6.07, 6.45) is -10.9. The molecule has 0 radical (unpaired) electrons. The van der Waals surface area contributed by atoms with Crippen LogP contribution in [-0.4, -0.2) is 8.42 Å². The highest BCUT2D eigenvalue weighted by Crippen LogP contribution is 2.45. The van der Waals surface area contributed by atoms with Gasteiger partial charge in [-0.25, -0.2) is 8.42 Å². The van der Waals surface area contributed by atoms with E-state index in [-0.39, 0.29) is 6.07 Å². The predicted octanol–water partition coefficient (Wildman–Crippen LogP) is 3.96. The monoisotopic (exact) mass is 326 g/mol. The number of aryl methyl sites for hydroxylation is 1. The summed E-state index contributed by atoms with van der Waals surface area (Å²) in [4.78, 5) is -1.57. The first-order valence-electron chi connectivity index (χ1n) is 4.49. The molecule has 0 aliphatic heterocycles. The number of halogens is 7. The van der Waals surface area contributed by atoms with Gasteiger partial charge in [0.2, 0.25) is 0 Å². The van der Waals surface area contributed by atoms with E-state index in [9.17, 15) is 34.8 Å². The number of hydrogen-bond donors (Lipinski definition) is 0. The Morgan fingerprint density at radius 1 is 1.00 bits per heavy atom. The molecule has 0 aliphatic rings. The van der Waals surface area contributed by atoms with E-state index in [1.165, 1.54) is 0 Å². The lowest BCUT2D eigenvalue weighted by molar-refractivity contribution is -0.163. The molecule has 0 amide bonds. The number of benzene rings is 1. The van der Waals surface area contributed by atoms with Crippen LogP contribution in [0, 0.1) is 6.92 Å². The first-order valence-corrected chi connectivity index (χ1v) is 6.80. The lowest BCUT2D eigenvalue weighted by atomic mass is 10.0. The van der Waals surface area contributed by atoms with Crippen LogP contribution in [-0.2, 0) is 21.4 Å². The second-order valence-electron chi connectivity index (χ2n) is 3.57. The van der Waals surface area contributed by atoms with Gasteiger partial charge in [0.05, 0.1) is 16.0 Å². The van der Waals surface area contributed by atoms with E-state index >= 15 is 0 Å². The Kier molecular flexibility index (Phi) is 3.85. The normalized spacial score (nSPS) is 13.7. The van der Waals surface area contributed by atoms with Crippen LogP contribution in [0.1, 0.15) is 16.7 Å². The number of hydrogen-bond acceptors (Lipinski definition) is 2. The third kappa shape index (κ3) is 3.33. The molecular formula is C9H5ClF6O2S. The van der Waals surface area contributed by atoms with E-state index in [4.69, 9.17) is 10.7 Å². The summed E-state index contributed by atoms with van der Waals surface area (Å²) in [5, 5.41) is 0. The Balaban J connectivity index is 3.94. The smallest absolute Gasteiger partial charge is 0.207 e. The lowest BCUT2D eigenvalue weighted by Gasteiger charge is -2.19. The van der Waals surface area contributed by atoms with E-state index in [1.807, 2.05) is 0 Å². The molecule has 1 rings (SSSR count). The van der Waals surface area contributed by atoms with E-state index in [0.717, 1.165) is 6.92 Å². The Morgan fingerprint density at radius 3 is 1.79 bits per heavy atom. The fourth-order valence-electron chi connectivity index (χ4n) is 1.52. The Morgan fingerprint density at radius 2 is 1.47 bits per heavy atom. The SMILES string of the molecule is Cc1ccc(C(F)(F)F)c(C(F)(F)F)c1S(=O)(=O)Cl.